The molecule has 3 heterocycles. The number of ether oxygens (including phenoxy) is 2. The molecule has 2 aromatic carbocycles. The third-order valence-electron chi connectivity index (χ3n) is 7.78. The molecule has 2 aliphatic heterocycles. The first-order valence-corrected chi connectivity index (χ1v) is 12.7. The Bertz CT molecular complexity index is 1430. The summed E-state index contributed by atoms with van der Waals surface area (Å²) in [6.45, 7) is 4.44. The van der Waals surface area contributed by atoms with Crippen molar-refractivity contribution in [2.24, 2.45) is 0 Å². The van der Waals surface area contributed by atoms with E-state index in [0.717, 1.165) is 46.0 Å². The first kappa shape index (κ1) is 23.3. The molecule has 6 rings (SSSR count). The number of Topliss-reactive ketones (excluding diaryl/α,β-unsaturated/α-hetero) is 1. The minimum absolute atomic E-state index is 0.209. The fourth-order valence-corrected chi connectivity index (χ4v) is 5.90. The number of fused-ring (bicyclic) bond motifs is 3. The van der Waals surface area contributed by atoms with Gasteiger partial charge in [-0.1, -0.05) is 36.4 Å². The third-order valence-corrected chi connectivity index (χ3v) is 7.78. The van der Waals surface area contributed by atoms with Crippen molar-refractivity contribution in [3.63, 3.8) is 0 Å². The Balaban J connectivity index is 1.20. The van der Waals surface area contributed by atoms with Crippen LogP contribution >= 0.6 is 0 Å². The van der Waals surface area contributed by atoms with Gasteiger partial charge in [-0.25, -0.2) is 4.79 Å². The van der Waals surface area contributed by atoms with Crippen LogP contribution < -0.4 is 14.8 Å². The van der Waals surface area contributed by atoms with Crippen molar-refractivity contribution < 1.29 is 23.9 Å². The Kier molecular flexibility index (Phi) is 5.55. The summed E-state index contributed by atoms with van der Waals surface area (Å²) in [6, 6.07) is 16.6. The molecule has 0 radical (unpaired) electrons. The highest BCUT2D eigenvalue weighted by molar-refractivity contribution is 6.11. The largest absolute Gasteiger partial charge is 0.486 e. The number of aromatic nitrogens is 1. The summed E-state index contributed by atoms with van der Waals surface area (Å²) in [5.74, 6) is 0.810. The van der Waals surface area contributed by atoms with E-state index >= 15 is 0 Å². The lowest BCUT2D eigenvalue weighted by molar-refractivity contribution is -0.131. The molecule has 8 heteroatoms. The van der Waals surface area contributed by atoms with Crippen LogP contribution in [0.4, 0.5) is 4.79 Å². The number of nitrogens with zero attached hydrogens (tertiary/aromatic N) is 2. The average molecular weight is 500 g/mol. The molecule has 1 aromatic heterocycles. The molecule has 0 bridgehead atoms. The van der Waals surface area contributed by atoms with Crippen LogP contribution in [0, 0.1) is 13.8 Å². The van der Waals surface area contributed by atoms with Crippen molar-refractivity contribution in [3.8, 4) is 11.5 Å². The van der Waals surface area contributed by atoms with Gasteiger partial charge >= 0.3 is 6.03 Å². The zero-order valence-corrected chi connectivity index (χ0v) is 21.0. The molecule has 0 saturated carbocycles. The van der Waals surface area contributed by atoms with Gasteiger partial charge in [0.25, 0.3) is 5.91 Å². The molecular formula is C29H29N3O5. The first-order chi connectivity index (χ1) is 17.9. The summed E-state index contributed by atoms with van der Waals surface area (Å²) in [5.41, 5.74) is 2.99. The second-order valence-corrected chi connectivity index (χ2v) is 10.1. The van der Waals surface area contributed by atoms with E-state index in [-0.39, 0.29) is 24.3 Å². The Hall–Kier alpha value is -4.07. The van der Waals surface area contributed by atoms with Gasteiger partial charge in [0.1, 0.15) is 12.1 Å². The Morgan fingerprint density at radius 1 is 1.08 bits per heavy atom. The summed E-state index contributed by atoms with van der Waals surface area (Å²) in [4.78, 5) is 41.0. The van der Waals surface area contributed by atoms with Gasteiger partial charge in [0, 0.05) is 17.0 Å². The number of amides is 3. The number of hydrogen-bond donors (Lipinski definition) is 1. The van der Waals surface area contributed by atoms with E-state index in [2.05, 4.69) is 5.32 Å². The molecule has 1 fully saturated rings. The van der Waals surface area contributed by atoms with Gasteiger partial charge in [0.2, 0.25) is 0 Å². The molecule has 2 unspecified atom stereocenters. The van der Waals surface area contributed by atoms with Crippen LogP contribution in [0.2, 0.25) is 0 Å². The molecule has 3 aliphatic rings. The number of rotatable bonds is 5. The average Bonchev–Trinajstić information content (AvgIpc) is 3.31. The summed E-state index contributed by atoms with van der Waals surface area (Å²) >= 11 is 0. The number of nitrogens with one attached hydrogen (secondary N) is 1. The van der Waals surface area contributed by atoms with E-state index in [0.29, 0.717) is 30.9 Å². The monoisotopic (exact) mass is 499 g/mol. The van der Waals surface area contributed by atoms with Crippen molar-refractivity contribution in [2.75, 3.05) is 13.2 Å². The molecule has 1 spiro atoms. The number of carbonyl (C=O) groups excluding carboxylic acids is 3. The highest BCUT2D eigenvalue weighted by atomic mass is 16.6. The molecular weight excluding hydrogens is 470 g/mol. The summed E-state index contributed by atoms with van der Waals surface area (Å²) in [6.07, 6.45) is 1.98. The van der Waals surface area contributed by atoms with E-state index < -0.39 is 11.6 Å². The predicted octanol–water partition coefficient (Wildman–Crippen LogP) is 3.91. The number of aryl methyl sites for hydroxylation is 2. The van der Waals surface area contributed by atoms with E-state index in [1.807, 2.05) is 73.0 Å². The highest BCUT2D eigenvalue weighted by Crippen LogP contribution is 2.40. The van der Waals surface area contributed by atoms with E-state index in [1.54, 1.807) is 0 Å². The lowest BCUT2D eigenvalue weighted by Crippen LogP contribution is -2.46. The number of benzene rings is 2. The minimum atomic E-state index is -1.09. The topological polar surface area (TPSA) is 89.9 Å². The zero-order chi connectivity index (χ0) is 25.7. The van der Waals surface area contributed by atoms with Gasteiger partial charge in [0.05, 0.1) is 13.1 Å². The maximum absolute atomic E-state index is 13.6. The first-order valence-electron chi connectivity index (χ1n) is 12.7. The molecule has 1 aliphatic carbocycles. The number of hydrogen-bond acceptors (Lipinski definition) is 5. The van der Waals surface area contributed by atoms with Gasteiger partial charge in [-0.15, -0.1) is 0 Å². The van der Waals surface area contributed by atoms with Gasteiger partial charge in [-0.3, -0.25) is 14.5 Å². The molecule has 2 atom stereocenters. The molecule has 8 nitrogen and oxygen atoms in total. The van der Waals surface area contributed by atoms with Crippen LogP contribution in [0.15, 0.2) is 54.6 Å². The lowest BCUT2D eigenvalue weighted by atomic mass is 9.76. The number of ketones is 1. The van der Waals surface area contributed by atoms with Gasteiger partial charge in [-0.2, -0.15) is 0 Å². The minimum Gasteiger partial charge on any atom is -0.486 e. The summed E-state index contributed by atoms with van der Waals surface area (Å²) in [7, 11) is 0. The van der Waals surface area contributed by atoms with Crippen molar-refractivity contribution in [1.29, 1.82) is 0 Å². The number of para-hydroxylation sites is 2. The number of carbonyl (C=O) groups is 3. The van der Waals surface area contributed by atoms with Crippen molar-refractivity contribution >= 4 is 17.7 Å². The fraction of sp³-hybridized carbons (Fsp3) is 0.345. The van der Waals surface area contributed by atoms with Crippen LogP contribution in [-0.4, -0.2) is 46.4 Å². The van der Waals surface area contributed by atoms with Gasteiger partial charge < -0.3 is 19.4 Å². The second kappa shape index (κ2) is 8.80. The maximum Gasteiger partial charge on any atom is 0.325 e. The quantitative estimate of drug-likeness (QED) is 0.425. The molecule has 3 aromatic rings. The number of imide groups is 1. The second-order valence-electron chi connectivity index (χ2n) is 10.1. The van der Waals surface area contributed by atoms with Gasteiger partial charge in [-0.05, 0) is 62.4 Å². The lowest BCUT2D eigenvalue weighted by Gasteiger charge is -2.33. The Labute approximate surface area is 215 Å². The number of urea groups is 1. The maximum atomic E-state index is 13.6. The molecule has 1 N–H and O–H groups in total. The molecule has 37 heavy (non-hydrogen) atoms. The SMILES string of the molecule is Cc1cc(C(=O)CN2C(=O)NC3(CCCc4ccccc43)C2=O)c(C)n1CC1COc2ccccc2O1. The molecule has 190 valence electrons. The molecule has 1 saturated heterocycles. The summed E-state index contributed by atoms with van der Waals surface area (Å²) in [5, 5.41) is 2.93. The van der Waals surface area contributed by atoms with Crippen molar-refractivity contribution in [1.82, 2.24) is 14.8 Å². The van der Waals surface area contributed by atoms with Crippen LogP contribution in [0.1, 0.15) is 45.7 Å². The Morgan fingerprint density at radius 2 is 1.84 bits per heavy atom. The normalized spacial score (nSPS) is 22.2. The van der Waals surface area contributed by atoms with Crippen molar-refractivity contribution in [2.45, 2.75) is 51.3 Å². The standard InChI is InChI=1S/C29H29N3O5/c1-18-14-22(19(2)31(18)15-21-17-36-25-11-5-6-12-26(25)37-21)24(33)16-32-27(34)29(30-28(32)35)13-7-9-20-8-3-4-10-23(20)29/h3-6,8,10-12,14,21H,7,9,13,15-17H2,1-2H3,(H,30,35). The van der Waals surface area contributed by atoms with E-state index in [9.17, 15) is 14.4 Å². The highest BCUT2D eigenvalue weighted by Gasteiger charge is 2.54. The van der Waals surface area contributed by atoms with Crippen LogP contribution in [0.3, 0.4) is 0 Å². The van der Waals surface area contributed by atoms with E-state index in [1.165, 1.54) is 0 Å². The zero-order valence-electron chi connectivity index (χ0n) is 21.0. The van der Waals surface area contributed by atoms with Crippen molar-refractivity contribution in [3.05, 3.63) is 82.7 Å². The van der Waals surface area contributed by atoms with Crippen LogP contribution in [0.5, 0.6) is 11.5 Å². The van der Waals surface area contributed by atoms with Gasteiger partial charge in [0.15, 0.2) is 23.4 Å². The summed E-state index contributed by atoms with van der Waals surface area (Å²) < 4.78 is 14.0. The van der Waals surface area contributed by atoms with E-state index in [4.69, 9.17) is 9.47 Å². The smallest absolute Gasteiger partial charge is 0.325 e. The van der Waals surface area contributed by atoms with Crippen LogP contribution in [-0.2, 0) is 23.3 Å². The predicted molar refractivity (Wildman–Crippen MR) is 136 cm³/mol. The Morgan fingerprint density at radius 3 is 2.68 bits per heavy atom. The fourth-order valence-electron chi connectivity index (χ4n) is 5.90. The molecule has 3 amide bonds. The third kappa shape index (κ3) is 3.79. The van der Waals surface area contributed by atoms with Crippen LogP contribution in [0.25, 0.3) is 0 Å².